The van der Waals surface area contributed by atoms with Crippen LogP contribution in [0.2, 0.25) is 0 Å². The molecule has 3 rings (SSSR count). The maximum absolute atomic E-state index is 13.1. The van der Waals surface area contributed by atoms with Crippen molar-refractivity contribution in [1.29, 1.82) is 0 Å². The second kappa shape index (κ2) is 4.82. The summed E-state index contributed by atoms with van der Waals surface area (Å²) in [5, 5.41) is 11.0. The molecule has 2 unspecified atom stereocenters. The number of alkyl halides is 3. The van der Waals surface area contributed by atoms with Gasteiger partial charge in [-0.1, -0.05) is 0 Å². The molecule has 2 aliphatic heterocycles. The van der Waals surface area contributed by atoms with Crippen LogP contribution in [-0.2, 0) is 27.4 Å². The van der Waals surface area contributed by atoms with Gasteiger partial charge in [0, 0.05) is 6.07 Å². The van der Waals surface area contributed by atoms with Gasteiger partial charge in [-0.3, -0.25) is 14.4 Å². The number of sulfonamides is 1. The van der Waals surface area contributed by atoms with Gasteiger partial charge in [0.1, 0.15) is 11.2 Å². The number of nitro groups is 1. The van der Waals surface area contributed by atoms with Crippen LogP contribution in [0.5, 0.6) is 0 Å². The largest absolute Gasteiger partial charge is 0.423 e. The van der Waals surface area contributed by atoms with Crippen molar-refractivity contribution < 1.29 is 31.2 Å². The molecule has 0 saturated carbocycles. The van der Waals surface area contributed by atoms with Crippen LogP contribution in [0.15, 0.2) is 12.1 Å². The molecular formula is C13H13F3N2O5S. The first-order valence-electron chi connectivity index (χ1n) is 6.86. The van der Waals surface area contributed by atoms with Gasteiger partial charge in [-0.25, -0.2) is 8.42 Å². The Morgan fingerprint density at radius 2 is 2.00 bits per heavy atom. The molecule has 1 fully saturated rings. The number of hydrogen-bond acceptors (Lipinski definition) is 5. The maximum atomic E-state index is 13.1. The summed E-state index contributed by atoms with van der Waals surface area (Å²) in [5.41, 5.74) is -3.37. The smallest absolute Gasteiger partial charge is 0.368 e. The molecule has 0 amide bonds. The van der Waals surface area contributed by atoms with E-state index in [1.165, 1.54) is 0 Å². The Morgan fingerprint density at radius 3 is 2.42 bits per heavy atom. The lowest BCUT2D eigenvalue weighted by Crippen LogP contribution is -2.45. The molecule has 1 saturated heterocycles. The van der Waals surface area contributed by atoms with Gasteiger partial charge in [-0.2, -0.15) is 13.2 Å². The van der Waals surface area contributed by atoms with Crippen LogP contribution in [0.25, 0.3) is 0 Å². The molecule has 2 heterocycles. The fourth-order valence-corrected chi connectivity index (χ4v) is 4.29. The van der Waals surface area contributed by atoms with Crippen molar-refractivity contribution in [2.24, 2.45) is 0 Å². The number of epoxide rings is 1. The van der Waals surface area contributed by atoms with Crippen LogP contribution >= 0.6 is 0 Å². The molecule has 2 aliphatic rings. The van der Waals surface area contributed by atoms with E-state index in [-0.39, 0.29) is 24.3 Å². The molecular weight excluding hydrogens is 353 g/mol. The van der Waals surface area contributed by atoms with Crippen LogP contribution in [0.4, 0.5) is 24.5 Å². The highest BCUT2D eigenvalue weighted by Gasteiger charge is 2.55. The average molecular weight is 366 g/mol. The molecule has 0 aromatic heterocycles. The number of nitro benzene ring substituents is 1. The molecule has 0 N–H and O–H groups in total. The van der Waals surface area contributed by atoms with Crippen molar-refractivity contribution in [2.75, 3.05) is 17.2 Å². The summed E-state index contributed by atoms with van der Waals surface area (Å²) in [6.07, 6.45) is -4.04. The lowest BCUT2D eigenvalue weighted by Gasteiger charge is -2.28. The quantitative estimate of drug-likeness (QED) is 0.464. The topological polar surface area (TPSA) is 93.1 Å². The molecule has 132 valence electrons. The van der Waals surface area contributed by atoms with E-state index in [0.29, 0.717) is 6.07 Å². The van der Waals surface area contributed by atoms with Gasteiger partial charge in [0.15, 0.2) is 0 Å². The lowest BCUT2D eigenvalue weighted by atomic mass is 9.98. The highest BCUT2D eigenvalue weighted by molar-refractivity contribution is 7.92. The minimum absolute atomic E-state index is 0.0535. The van der Waals surface area contributed by atoms with Crippen LogP contribution in [-0.4, -0.2) is 37.8 Å². The Morgan fingerprint density at radius 1 is 1.42 bits per heavy atom. The normalized spacial score (nSPS) is 26.4. The molecule has 0 radical (unpaired) electrons. The zero-order valence-electron chi connectivity index (χ0n) is 12.6. The van der Waals surface area contributed by atoms with Crippen LogP contribution in [0.3, 0.4) is 0 Å². The van der Waals surface area contributed by atoms with Crippen LogP contribution in [0.1, 0.15) is 18.1 Å². The van der Waals surface area contributed by atoms with Crippen molar-refractivity contribution in [3.8, 4) is 0 Å². The van der Waals surface area contributed by atoms with Gasteiger partial charge in [0.25, 0.3) is 5.69 Å². The van der Waals surface area contributed by atoms with E-state index in [4.69, 9.17) is 4.74 Å². The summed E-state index contributed by atoms with van der Waals surface area (Å²) in [6.45, 7) is 1.92. The van der Waals surface area contributed by atoms with E-state index in [2.05, 4.69) is 0 Å². The van der Waals surface area contributed by atoms with Crippen molar-refractivity contribution >= 4 is 21.4 Å². The number of ether oxygens (including phenoxy) is 1. The Kier molecular flexibility index (Phi) is 3.41. The third kappa shape index (κ3) is 2.61. The molecule has 2 atom stereocenters. The van der Waals surface area contributed by atoms with E-state index in [9.17, 15) is 31.7 Å². The summed E-state index contributed by atoms with van der Waals surface area (Å²) >= 11 is 0. The second-order valence-electron chi connectivity index (χ2n) is 6.13. The van der Waals surface area contributed by atoms with Gasteiger partial charge < -0.3 is 4.74 Å². The van der Waals surface area contributed by atoms with Crippen LogP contribution in [0, 0.1) is 10.1 Å². The Bertz CT molecular complexity index is 833. The monoisotopic (exact) mass is 366 g/mol. The van der Waals surface area contributed by atoms with Gasteiger partial charge in [0.05, 0.1) is 29.5 Å². The lowest BCUT2D eigenvalue weighted by molar-refractivity contribution is -0.388. The van der Waals surface area contributed by atoms with Crippen molar-refractivity contribution in [2.45, 2.75) is 31.2 Å². The maximum Gasteiger partial charge on any atom is 0.423 e. The zero-order valence-corrected chi connectivity index (χ0v) is 13.4. The summed E-state index contributed by atoms with van der Waals surface area (Å²) in [7, 11) is -3.89. The molecule has 1 aromatic rings. The minimum Gasteiger partial charge on any atom is -0.368 e. The van der Waals surface area contributed by atoms with E-state index in [0.717, 1.165) is 16.6 Å². The van der Waals surface area contributed by atoms with Crippen LogP contribution < -0.4 is 4.31 Å². The first-order valence-corrected chi connectivity index (χ1v) is 8.71. The third-order valence-corrected chi connectivity index (χ3v) is 5.46. The molecule has 24 heavy (non-hydrogen) atoms. The minimum atomic E-state index is -4.97. The van der Waals surface area contributed by atoms with Gasteiger partial charge in [-0.15, -0.1) is 0 Å². The predicted octanol–water partition coefficient (Wildman–Crippen LogP) is 2.09. The van der Waals surface area contributed by atoms with Gasteiger partial charge in [0.2, 0.25) is 10.0 Å². The fraction of sp³-hybridized carbons (Fsp3) is 0.538. The van der Waals surface area contributed by atoms with Crippen molar-refractivity contribution in [3.05, 3.63) is 33.4 Å². The number of rotatable bonds is 3. The number of hydrogen-bond donors (Lipinski definition) is 0. The highest BCUT2D eigenvalue weighted by Crippen LogP contribution is 2.48. The number of nitrogens with zero attached hydrogens (tertiary/aromatic N) is 2. The van der Waals surface area contributed by atoms with Crippen molar-refractivity contribution in [3.63, 3.8) is 0 Å². The highest BCUT2D eigenvalue weighted by atomic mass is 32.2. The summed E-state index contributed by atoms with van der Waals surface area (Å²) < 4.78 is 69.8. The molecule has 11 heteroatoms. The van der Waals surface area contributed by atoms with E-state index in [1.54, 1.807) is 6.92 Å². The second-order valence-corrected chi connectivity index (χ2v) is 7.99. The SMILES string of the molecule is CC1(C2Cc3cc([N+](=O)[O-])c(C(F)(F)F)cc3N2S(C)(=O)=O)CO1. The van der Waals surface area contributed by atoms with Gasteiger partial charge in [-0.05, 0) is 25.0 Å². The standard InChI is InChI=1S/C13H13F3N2O5S/c1-12(6-23-12)11-4-7-3-10(18(19)20)8(13(14,15)16)5-9(7)17(11)24(2,21)22/h3,5,11H,4,6H2,1-2H3. The van der Waals surface area contributed by atoms with E-state index >= 15 is 0 Å². The first kappa shape index (κ1) is 17.0. The molecule has 0 aliphatic carbocycles. The Labute approximate surface area is 135 Å². The Hall–Kier alpha value is -1.88. The van der Waals surface area contributed by atoms with E-state index in [1.807, 2.05) is 0 Å². The molecule has 1 aromatic carbocycles. The summed E-state index contributed by atoms with van der Waals surface area (Å²) in [6, 6.07) is 0.619. The molecule has 0 spiro atoms. The number of halogens is 3. The van der Waals surface area contributed by atoms with E-state index < -0.39 is 44.0 Å². The summed E-state index contributed by atoms with van der Waals surface area (Å²) in [4.78, 5) is 9.87. The fourth-order valence-electron chi connectivity index (χ4n) is 3.01. The average Bonchev–Trinajstić information content (AvgIpc) is 3.03. The predicted molar refractivity (Wildman–Crippen MR) is 77.3 cm³/mol. The molecule has 0 bridgehead atoms. The Balaban J connectivity index is 2.22. The third-order valence-electron chi connectivity index (χ3n) is 4.29. The first-order chi connectivity index (χ1) is 10.8. The van der Waals surface area contributed by atoms with Crippen molar-refractivity contribution in [1.82, 2.24) is 0 Å². The summed E-state index contributed by atoms with van der Waals surface area (Å²) in [5.74, 6) is 0. The number of anilines is 1. The molecule has 7 nitrogen and oxygen atoms in total. The number of benzene rings is 1. The zero-order chi connectivity index (χ0) is 18.1. The number of fused-ring (bicyclic) bond motifs is 1. The van der Waals surface area contributed by atoms with Gasteiger partial charge >= 0.3 is 6.18 Å².